The zero-order valence-corrected chi connectivity index (χ0v) is 10.1. The molecule has 0 atom stereocenters. The molecule has 2 rings (SSSR count). The monoisotopic (exact) mass is 214 g/mol. The van der Waals surface area contributed by atoms with Gasteiger partial charge in [-0.25, -0.2) is 0 Å². The Morgan fingerprint density at radius 1 is 1.12 bits per heavy atom. The molecule has 2 aromatic rings. The van der Waals surface area contributed by atoms with Crippen molar-refractivity contribution in [3.63, 3.8) is 0 Å². The van der Waals surface area contributed by atoms with Gasteiger partial charge in [0.05, 0.1) is 0 Å². The highest BCUT2D eigenvalue weighted by Gasteiger charge is 2.21. The van der Waals surface area contributed by atoms with Gasteiger partial charge in [-0.15, -0.1) is 0 Å². The fourth-order valence-electron chi connectivity index (χ4n) is 2.05. The Labute approximate surface area is 96.7 Å². The highest BCUT2D eigenvalue weighted by molar-refractivity contribution is 5.88. The summed E-state index contributed by atoms with van der Waals surface area (Å²) >= 11 is 0. The largest absolute Gasteiger partial charge is 0.508 e. The third kappa shape index (κ3) is 1.78. The maximum atomic E-state index is 9.77. The van der Waals surface area contributed by atoms with Crippen molar-refractivity contribution in [2.75, 3.05) is 0 Å². The van der Waals surface area contributed by atoms with Crippen LogP contribution in [0.4, 0.5) is 0 Å². The number of phenols is 1. The van der Waals surface area contributed by atoms with Crippen LogP contribution in [0.3, 0.4) is 0 Å². The Balaban J connectivity index is 2.77. The molecule has 0 aromatic heterocycles. The maximum absolute atomic E-state index is 9.77. The van der Waals surface area contributed by atoms with E-state index in [1.807, 2.05) is 24.3 Å². The van der Waals surface area contributed by atoms with Crippen molar-refractivity contribution < 1.29 is 5.11 Å². The summed E-state index contributed by atoms with van der Waals surface area (Å²) in [6, 6.07) is 11.9. The second kappa shape index (κ2) is 3.82. The van der Waals surface area contributed by atoms with Crippen molar-refractivity contribution in [3.8, 4) is 5.75 Å². The lowest BCUT2D eigenvalue weighted by atomic mass is 9.79. The molecule has 16 heavy (non-hydrogen) atoms. The molecule has 0 aliphatic rings. The predicted octanol–water partition coefficient (Wildman–Crippen LogP) is 4.23. The molecule has 0 heterocycles. The minimum absolute atomic E-state index is 0.0956. The van der Waals surface area contributed by atoms with E-state index in [0.717, 1.165) is 11.8 Å². The first-order chi connectivity index (χ1) is 7.54. The van der Waals surface area contributed by atoms with Gasteiger partial charge in [-0.05, 0) is 40.3 Å². The number of fused-ring (bicyclic) bond motifs is 1. The van der Waals surface area contributed by atoms with Crippen molar-refractivity contribution in [1.29, 1.82) is 0 Å². The average Bonchev–Trinajstić information content (AvgIpc) is 2.28. The summed E-state index contributed by atoms with van der Waals surface area (Å²) in [4.78, 5) is 0. The smallest absolute Gasteiger partial charge is 0.116 e. The minimum atomic E-state index is 0.0956. The number of aromatic hydroxyl groups is 1. The van der Waals surface area contributed by atoms with Crippen molar-refractivity contribution in [2.24, 2.45) is 0 Å². The standard InChI is InChI=1S/C15H18O/c1-4-15(2,3)14-10-12(16)9-11-7-5-6-8-13(11)14/h5-10,16H,4H2,1-3H3. The van der Waals surface area contributed by atoms with Gasteiger partial charge in [0.1, 0.15) is 5.75 Å². The molecule has 1 nitrogen and oxygen atoms in total. The van der Waals surface area contributed by atoms with Gasteiger partial charge in [0.2, 0.25) is 0 Å². The Morgan fingerprint density at radius 2 is 1.81 bits per heavy atom. The van der Waals surface area contributed by atoms with E-state index < -0.39 is 0 Å². The van der Waals surface area contributed by atoms with Crippen LogP contribution in [0.5, 0.6) is 5.75 Å². The Bertz CT molecular complexity index is 512. The van der Waals surface area contributed by atoms with Crippen LogP contribution in [0.15, 0.2) is 36.4 Å². The van der Waals surface area contributed by atoms with Gasteiger partial charge >= 0.3 is 0 Å². The SMILES string of the molecule is CCC(C)(C)c1cc(O)cc2ccccc12. The van der Waals surface area contributed by atoms with E-state index in [9.17, 15) is 5.11 Å². The molecule has 1 N–H and O–H groups in total. The fraction of sp³-hybridized carbons (Fsp3) is 0.333. The minimum Gasteiger partial charge on any atom is -0.508 e. The quantitative estimate of drug-likeness (QED) is 0.793. The Hall–Kier alpha value is -1.50. The summed E-state index contributed by atoms with van der Waals surface area (Å²) in [6.07, 6.45) is 1.06. The Morgan fingerprint density at radius 3 is 2.50 bits per heavy atom. The number of benzene rings is 2. The molecule has 1 heteroatoms. The van der Waals surface area contributed by atoms with Crippen molar-refractivity contribution in [3.05, 3.63) is 42.0 Å². The van der Waals surface area contributed by atoms with E-state index in [0.29, 0.717) is 5.75 Å². The predicted molar refractivity (Wildman–Crippen MR) is 68.9 cm³/mol. The lowest BCUT2D eigenvalue weighted by Crippen LogP contribution is -2.15. The maximum Gasteiger partial charge on any atom is 0.116 e. The van der Waals surface area contributed by atoms with Crippen molar-refractivity contribution in [2.45, 2.75) is 32.6 Å². The van der Waals surface area contributed by atoms with Gasteiger partial charge < -0.3 is 5.11 Å². The molecular formula is C15H18O. The molecule has 2 aromatic carbocycles. The third-order valence-electron chi connectivity index (χ3n) is 3.46. The van der Waals surface area contributed by atoms with Crippen molar-refractivity contribution in [1.82, 2.24) is 0 Å². The van der Waals surface area contributed by atoms with Gasteiger partial charge in [-0.1, -0.05) is 45.0 Å². The summed E-state index contributed by atoms with van der Waals surface area (Å²) in [6.45, 7) is 6.61. The first kappa shape index (κ1) is 11.0. The molecule has 0 fully saturated rings. The van der Waals surface area contributed by atoms with Gasteiger partial charge in [0.15, 0.2) is 0 Å². The molecule has 0 aliphatic carbocycles. The van der Waals surface area contributed by atoms with Crippen LogP contribution in [-0.4, -0.2) is 5.11 Å². The van der Waals surface area contributed by atoms with E-state index >= 15 is 0 Å². The number of rotatable bonds is 2. The number of hydrogen-bond donors (Lipinski definition) is 1. The second-order valence-electron chi connectivity index (χ2n) is 4.95. The summed E-state index contributed by atoms with van der Waals surface area (Å²) < 4.78 is 0. The summed E-state index contributed by atoms with van der Waals surface area (Å²) in [5.74, 6) is 0.357. The van der Waals surface area contributed by atoms with Crippen LogP contribution in [0.1, 0.15) is 32.8 Å². The molecule has 0 radical (unpaired) electrons. The van der Waals surface area contributed by atoms with E-state index in [-0.39, 0.29) is 5.41 Å². The third-order valence-corrected chi connectivity index (χ3v) is 3.46. The van der Waals surface area contributed by atoms with E-state index in [1.165, 1.54) is 10.9 Å². The first-order valence-corrected chi connectivity index (χ1v) is 5.77. The Kier molecular flexibility index (Phi) is 2.63. The first-order valence-electron chi connectivity index (χ1n) is 5.77. The molecule has 0 saturated carbocycles. The molecule has 0 amide bonds. The van der Waals surface area contributed by atoms with Crippen LogP contribution in [-0.2, 0) is 5.41 Å². The van der Waals surface area contributed by atoms with Crippen LogP contribution in [0.25, 0.3) is 10.8 Å². The average molecular weight is 214 g/mol. The summed E-state index contributed by atoms with van der Waals surface area (Å²) in [7, 11) is 0. The van der Waals surface area contributed by atoms with Crippen LogP contribution < -0.4 is 0 Å². The van der Waals surface area contributed by atoms with Crippen LogP contribution >= 0.6 is 0 Å². The van der Waals surface area contributed by atoms with Crippen molar-refractivity contribution >= 4 is 10.8 Å². The van der Waals surface area contributed by atoms with Crippen LogP contribution in [0.2, 0.25) is 0 Å². The molecule has 0 unspecified atom stereocenters. The topological polar surface area (TPSA) is 20.2 Å². The fourth-order valence-corrected chi connectivity index (χ4v) is 2.05. The lowest BCUT2D eigenvalue weighted by Gasteiger charge is -2.25. The lowest BCUT2D eigenvalue weighted by molar-refractivity contribution is 0.467. The molecule has 0 bridgehead atoms. The van der Waals surface area contributed by atoms with Crippen LogP contribution in [0, 0.1) is 0 Å². The van der Waals surface area contributed by atoms with E-state index in [2.05, 4.69) is 32.9 Å². The van der Waals surface area contributed by atoms with E-state index in [4.69, 9.17) is 0 Å². The molecule has 0 spiro atoms. The van der Waals surface area contributed by atoms with E-state index in [1.54, 1.807) is 0 Å². The van der Waals surface area contributed by atoms with Gasteiger partial charge in [0, 0.05) is 0 Å². The molecular weight excluding hydrogens is 196 g/mol. The molecule has 84 valence electrons. The summed E-state index contributed by atoms with van der Waals surface area (Å²) in [5, 5.41) is 12.1. The van der Waals surface area contributed by atoms with Gasteiger partial charge in [-0.2, -0.15) is 0 Å². The highest BCUT2D eigenvalue weighted by atomic mass is 16.3. The highest BCUT2D eigenvalue weighted by Crippen LogP contribution is 2.35. The second-order valence-corrected chi connectivity index (χ2v) is 4.95. The zero-order chi connectivity index (χ0) is 11.8. The van der Waals surface area contributed by atoms with Gasteiger partial charge in [-0.3, -0.25) is 0 Å². The molecule has 0 aliphatic heterocycles. The number of phenolic OH excluding ortho intramolecular Hbond substituents is 1. The normalized spacial score (nSPS) is 11.9. The zero-order valence-electron chi connectivity index (χ0n) is 10.1. The van der Waals surface area contributed by atoms with Gasteiger partial charge in [0.25, 0.3) is 0 Å². The number of hydrogen-bond acceptors (Lipinski definition) is 1. The molecule has 0 saturated heterocycles. The summed E-state index contributed by atoms with van der Waals surface area (Å²) in [5.41, 5.74) is 1.32.